The molecule has 96 valence electrons. The highest BCUT2D eigenvalue weighted by Gasteiger charge is 2.09. The molecule has 0 bridgehead atoms. The fraction of sp³-hybridized carbons (Fsp3) is 0.167. The lowest BCUT2D eigenvalue weighted by molar-refractivity contribution is -0.113. The Bertz CT molecular complexity index is 524. The van der Waals surface area contributed by atoms with Crippen LogP contribution in [0.2, 0.25) is 0 Å². The van der Waals surface area contributed by atoms with Gasteiger partial charge >= 0.3 is 0 Å². The van der Waals surface area contributed by atoms with Crippen LogP contribution in [-0.2, 0) is 11.3 Å². The van der Waals surface area contributed by atoms with Crippen molar-refractivity contribution in [2.45, 2.75) is 13.5 Å². The Balaban J connectivity index is 2.84. The molecule has 1 rings (SSSR count). The zero-order valence-corrected chi connectivity index (χ0v) is 9.58. The molecular weight excluding hydrogens is 245 g/mol. The van der Waals surface area contributed by atoms with E-state index in [-0.39, 0.29) is 23.5 Å². The van der Waals surface area contributed by atoms with E-state index >= 15 is 0 Å². The predicted octanol–water partition coefficient (Wildman–Crippen LogP) is 2.11. The Kier molecular flexibility index (Phi) is 4.65. The van der Waals surface area contributed by atoms with Crippen LogP contribution in [-0.4, -0.2) is 12.0 Å². The summed E-state index contributed by atoms with van der Waals surface area (Å²) in [4.78, 5) is 14.7. The largest absolute Gasteiger partial charge is 0.404 e. The van der Waals surface area contributed by atoms with E-state index in [0.29, 0.717) is 6.07 Å². The van der Waals surface area contributed by atoms with E-state index in [1.54, 1.807) is 0 Å². The second-order valence-electron chi connectivity index (χ2n) is 3.51. The van der Waals surface area contributed by atoms with Crippen molar-refractivity contribution in [3.63, 3.8) is 0 Å². The van der Waals surface area contributed by atoms with Gasteiger partial charge < -0.3 is 5.73 Å². The first kappa shape index (κ1) is 14.0. The molecule has 3 nitrogen and oxygen atoms in total. The van der Waals surface area contributed by atoms with Crippen molar-refractivity contribution in [2.75, 3.05) is 0 Å². The van der Waals surface area contributed by atoms with E-state index < -0.39 is 17.5 Å². The Morgan fingerprint density at radius 1 is 1.28 bits per heavy atom. The van der Waals surface area contributed by atoms with E-state index in [4.69, 9.17) is 5.73 Å². The van der Waals surface area contributed by atoms with Crippen molar-refractivity contribution in [3.8, 4) is 0 Å². The predicted molar refractivity (Wildman–Crippen MR) is 61.5 cm³/mol. The summed E-state index contributed by atoms with van der Waals surface area (Å²) in [6.07, 6.45) is 2.22. The van der Waals surface area contributed by atoms with Gasteiger partial charge in [-0.1, -0.05) is 0 Å². The molecule has 0 aromatic heterocycles. The van der Waals surface area contributed by atoms with Crippen molar-refractivity contribution in [1.29, 1.82) is 0 Å². The molecule has 6 heteroatoms. The number of halogens is 3. The third-order valence-electron chi connectivity index (χ3n) is 2.17. The third-order valence-corrected chi connectivity index (χ3v) is 2.17. The number of benzene rings is 1. The van der Waals surface area contributed by atoms with Crippen molar-refractivity contribution < 1.29 is 18.0 Å². The summed E-state index contributed by atoms with van der Waals surface area (Å²) in [5, 5.41) is 0. The monoisotopic (exact) mass is 256 g/mol. The third kappa shape index (κ3) is 3.44. The molecule has 2 N–H and O–H groups in total. The second-order valence-corrected chi connectivity index (χ2v) is 3.51. The number of nitrogens with zero attached hydrogens (tertiary/aromatic N) is 1. The van der Waals surface area contributed by atoms with Gasteiger partial charge in [0.05, 0.1) is 12.1 Å². The number of allylic oxidation sites excluding steroid dienone is 1. The molecule has 0 amide bonds. The summed E-state index contributed by atoms with van der Waals surface area (Å²) >= 11 is 0. The van der Waals surface area contributed by atoms with E-state index in [1.807, 2.05) is 0 Å². The molecule has 0 saturated heterocycles. The first-order valence-corrected chi connectivity index (χ1v) is 5.01. The quantitative estimate of drug-likeness (QED) is 0.509. The number of carbonyl (C=O) groups excluding carboxylic acids is 1. The number of hydrogen-bond donors (Lipinski definition) is 1. The van der Waals surface area contributed by atoms with E-state index in [9.17, 15) is 18.0 Å². The molecule has 0 heterocycles. The molecule has 0 aliphatic heterocycles. The van der Waals surface area contributed by atoms with Crippen LogP contribution in [0.5, 0.6) is 0 Å². The molecule has 0 radical (unpaired) electrons. The lowest BCUT2D eigenvalue weighted by Crippen LogP contribution is -2.02. The summed E-state index contributed by atoms with van der Waals surface area (Å²) in [6.45, 7) is 1.08. The standard InChI is InChI=1S/C12H11F3N2O/c1-7(18)9(4-16)6-17-5-8-2-11(14)12(15)3-10(8)13/h2-4,6H,5,16H2,1H3/b9-4+,17-6?. The summed E-state index contributed by atoms with van der Waals surface area (Å²) in [5.74, 6) is -3.60. The smallest absolute Gasteiger partial charge is 0.162 e. The maximum absolute atomic E-state index is 13.2. The molecule has 0 fully saturated rings. The number of aliphatic imine (C=N–C) groups is 1. The molecule has 0 unspecified atom stereocenters. The highest BCUT2D eigenvalue weighted by molar-refractivity contribution is 6.11. The lowest BCUT2D eigenvalue weighted by Gasteiger charge is -2.01. The van der Waals surface area contributed by atoms with Crippen LogP contribution in [0.25, 0.3) is 0 Å². The van der Waals surface area contributed by atoms with E-state index in [2.05, 4.69) is 4.99 Å². The Morgan fingerprint density at radius 3 is 2.44 bits per heavy atom. The maximum Gasteiger partial charge on any atom is 0.162 e. The van der Waals surface area contributed by atoms with Gasteiger partial charge in [-0.3, -0.25) is 9.79 Å². The minimum Gasteiger partial charge on any atom is -0.404 e. The van der Waals surface area contributed by atoms with Crippen LogP contribution in [0.3, 0.4) is 0 Å². The van der Waals surface area contributed by atoms with Gasteiger partial charge in [0.15, 0.2) is 17.4 Å². The summed E-state index contributed by atoms with van der Waals surface area (Å²) in [6, 6.07) is 1.17. The van der Waals surface area contributed by atoms with Gasteiger partial charge in [-0.2, -0.15) is 0 Å². The number of hydrogen-bond acceptors (Lipinski definition) is 3. The van der Waals surface area contributed by atoms with Crippen molar-refractivity contribution >= 4 is 12.0 Å². The molecular formula is C12H11F3N2O. The highest BCUT2D eigenvalue weighted by atomic mass is 19.2. The van der Waals surface area contributed by atoms with Gasteiger partial charge in [-0.25, -0.2) is 13.2 Å². The number of Topliss-reactive ketones (excluding diaryl/α,β-unsaturated/α-hetero) is 1. The molecule has 0 aliphatic rings. The zero-order valence-electron chi connectivity index (χ0n) is 9.58. The van der Waals surface area contributed by atoms with Gasteiger partial charge in [-0.15, -0.1) is 0 Å². The van der Waals surface area contributed by atoms with Crippen LogP contribution in [0.15, 0.2) is 28.9 Å². The first-order chi connectivity index (χ1) is 8.45. The van der Waals surface area contributed by atoms with E-state index in [1.165, 1.54) is 6.92 Å². The fourth-order valence-electron chi connectivity index (χ4n) is 1.18. The molecule has 0 atom stereocenters. The van der Waals surface area contributed by atoms with Gasteiger partial charge in [0.25, 0.3) is 0 Å². The minimum atomic E-state index is -1.26. The Hall–Kier alpha value is -2.11. The first-order valence-electron chi connectivity index (χ1n) is 5.01. The molecule has 18 heavy (non-hydrogen) atoms. The molecule has 1 aromatic rings. The number of nitrogens with two attached hydrogens (primary N) is 1. The van der Waals surface area contributed by atoms with Crippen LogP contribution in [0.4, 0.5) is 13.2 Å². The second kappa shape index (κ2) is 6.00. The number of ketones is 1. The minimum absolute atomic E-state index is 0.106. The number of rotatable bonds is 4. The average Bonchev–Trinajstić information content (AvgIpc) is 2.30. The van der Waals surface area contributed by atoms with Crippen molar-refractivity contribution in [2.24, 2.45) is 10.7 Å². The number of carbonyl (C=O) groups is 1. The van der Waals surface area contributed by atoms with Gasteiger partial charge in [0, 0.05) is 24.0 Å². The van der Waals surface area contributed by atoms with Crippen LogP contribution in [0, 0.1) is 17.5 Å². The fourth-order valence-corrected chi connectivity index (χ4v) is 1.18. The highest BCUT2D eigenvalue weighted by Crippen LogP contribution is 2.14. The van der Waals surface area contributed by atoms with Crippen molar-refractivity contribution in [1.82, 2.24) is 0 Å². The summed E-state index contributed by atoms with van der Waals surface area (Å²) < 4.78 is 38.7. The lowest BCUT2D eigenvalue weighted by atomic mass is 10.2. The molecule has 0 aliphatic carbocycles. The summed E-state index contributed by atoms with van der Waals surface area (Å²) in [5.41, 5.74) is 5.21. The van der Waals surface area contributed by atoms with Gasteiger partial charge in [-0.05, 0) is 13.0 Å². The Labute approximate surface area is 102 Å². The molecule has 0 saturated carbocycles. The van der Waals surface area contributed by atoms with Gasteiger partial charge in [0.2, 0.25) is 0 Å². The van der Waals surface area contributed by atoms with Gasteiger partial charge in [0.1, 0.15) is 5.82 Å². The van der Waals surface area contributed by atoms with Crippen LogP contribution >= 0.6 is 0 Å². The van der Waals surface area contributed by atoms with Crippen LogP contribution in [0.1, 0.15) is 12.5 Å². The van der Waals surface area contributed by atoms with Crippen LogP contribution < -0.4 is 5.73 Å². The van der Waals surface area contributed by atoms with E-state index in [0.717, 1.165) is 18.5 Å². The topological polar surface area (TPSA) is 55.5 Å². The molecule has 1 aromatic carbocycles. The summed E-state index contributed by atoms with van der Waals surface area (Å²) in [7, 11) is 0. The zero-order chi connectivity index (χ0) is 13.7. The van der Waals surface area contributed by atoms with Crippen molar-refractivity contribution in [3.05, 3.63) is 46.9 Å². The normalized spacial score (nSPS) is 12.1. The Morgan fingerprint density at radius 2 is 1.89 bits per heavy atom. The maximum atomic E-state index is 13.2. The average molecular weight is 256 g/mol. The SMILES string of the molecule is CC(=O)/C(C=NCc1cc(F)c(F)cc1F)=C/N. The molecule has 0 spiro atoms.